The molecule has 0 aliphatic carbocycles. The van der Waals surface area contributed by atoms with E-state index in [1.165, 1.54) is 10.5 Å². The van der Waals surface area contributed by atoms with Crippen molar-refractivity contribution >= 4 is 17.7 Å². The number of likely N-dealkylation sites (tertiary alicyclic amines) is 1. The van der Waals surface area contributed by atoms with Crippen LogP contribution in [0.3, 0.4) is 0 Å². The van der Waals surface area contributed by atoms with Crippen molar-refractivity contribution < 1.29 is 9.53 Å². The number of carbonyl (C=O) groups excluding carboxylic acids is 1. The molecule has 1 aromatic rings. The van der Waals surface area contributed by atoms with Gasteiger partial charge in [0.1, 0.15) is 0 Å². The first-order chi connectivity index (χ1) is 9.22. The molecule has 19 heavy (non-hydrogen) atoms. The Hall–Kier alpha value is -1.00. The van der Waals surface area contributed by atoms with Crippen LogP contribution in [0.25, 0.3) is 0 Å². The summed E-state index contributed by atoms with van der Waals surface area (Å²) in [4.78, 5) is 15.1. The van der Waals surface area contributed by atoms with Gasteiger partial charge in [0.15, 0.2) is 0 Å². The van der Waals surface area contributed by atoms with E-state index >= 15 is 0 Å². The molecule has 1 aromatic carbocycles. The Morgan fingerprint density at radius 2 is 2.11 bits per heavy atom. The van der Waals surface area contributed by atoms with Crippen molar-refractivity contribution in [3.8, 4) is 0 Å². The van der Waals surface area contributed by atoms with Crippen LogP contribution in [0.4, 0.5) is 0 Å². The van der Waals surface area contributed by atoms with E-state index < -0.39 is 0 Å². The second kappa shape index (κ2) is 6.96. The zero-order valence-electron chi connectivity index (χ0n) is 11.6. The standard InChI is InChI=1S/C15H21NO2S/c1-18-8-7-16-11-13(10-15(16)17)9-12-3-5-14(19-2)6-4-12/h3-6,13H,7-11H2,1-2H3. The van der Waals surface area contributed by atoms with E-state index in [4.69, 9.17) is 4.74 Å². The molecule has 2 rings (SSSR count). The molecule has 1 aliphatic rings. The highest BCUT2D eigenvalue weighted by molar-refractivity contribution is 7.98. The van der Waals surface area contributed by atoms with Gasteiger partial charge < -0.3 is 9.64 Å². The quantitative estimate of drug-likeness (QED) is 0.749. The summed E-state index contributed by atoms with van der Waals surface area (Å²) in [6.45, 7) is 2.21. The van der Waals surface area contributed by atoms with E-state index in [9.17, 15) is 4.79 Å². The Labute approximate surface area is 119 Å². The monoisotopic (exact) mass is 279 g/mol. The summed E-state index contributed by atoms with van der Waals surface area (Å²) in [7, 11) is 1.67. The van der Waals surface area contributed by atoms with Crippen LogP contribution < -0.4 is 0 Å². The highest BCUT2D eigenvalue weighted by Gasteiger charge is 2.28. The van der Waals surface area contributed by atoms with Gasteiger partial charge in [0, 0.05) is 31.5 Å². The maximum Gasteiger partial charge on any atom is 0.223 e. The number of methoxy groups -OCH3 is 1. The molecule has 1 atom stereocenters. The van der Waals surface area contributed by atoms with E-state index in [0.717, 1.165) is 19.5 Å². The molecule has 0 spiro atoms. The molecule has 3 nitrogen and oxygen atoms in total. The van der Waals surface area contributed by atoms with Crippen LogP contribution >= 0.6 is 11.8 Å². The number of thioether (sulfide) groups is 1. The number of amides is 1. The fourth-order valence-electron chi connectivity index (χ4n) is 2.50. The maximum atomic E-state index is 11.8. The van der Waals surface area contributed by atoms with Crippen LogP contribution in [0.1, 0.15) is 12.0 Å². The third-order valence-corrected chi connectivity index (χ3v) is 4.29. The molecular formula is C15H21NO2S. The van der Waals surface area contributed by atoms with Gasteiger partial charge >= 0.3 is 0 Å². The van der Waals surface area contributed by atoms with Crippen molar-refractivity contribution in [2.24, 2.45) is 5.92 Å². The third kappa shape index (κ3) is 3.98. The summed E-state index contributed by atoms with van der Waals surface area (Å²) in [5.41, 5.74) is 1.32. The van der Waals surface area contributed by atoms with Crippen LogP contribution in [0.15, 0.2) is 29.2 Å². The zero-order chi connectivity index (χ0) is 13.7. The number of ether oxygens (including phenoxy) is 1. The predicted molar refractivity (Wildman–Crippen MR) is 78.5 cm³/mol. The Balaban J connectivity index is 1.88. The van der Waals surface area contributed by atoms with Crippen molar-refractivity contribution in [1.82, 2.24) is 4.90 Å². The normalized spacial score (nSPS) is 19.2. The molecule has 0 saturated carbocycles. The number of hydrogen-bond acceptors (Lipinski definition) is 3. The van der Waals surface area contributed by atoms with Crippen LogP contribution in [-0.4, -0.2) is 43.9 Å². The lowest BCUT2D eigenvalue weighted by atomic mass is 9.99. The number of rotatable bonds is 6. The molecular weight excluding hydrogens is 258 g/mol. The van der Waals surface area contributed by atoms with Gasteiger partial charge in [-0.1, -0.05) is 12.1 Å². The average molecular weight is 279 g/mol. The number of carbonyl (C=O) groups is 1. The topological polar surface area (TPSA) is 29.5 Å². The van der Waals surface area contributed by atoms with E-state index in [1.807, 2.05) is 4.90 Å². The Morgan fingerprint density at radius 1 is 1.37 bits per heavy atom. The van der Waals surface area contributed by atoms with Crippen LogP contribution in [0.5, 0.6) is 0 Å². The Kier molecular flexibility index (Phi) is 5.28. The van der Waals surface area contributed by atoms with Crippen LogP contribution in [-0.2, 0) is 16.0 Å². The first-order valence-electron chi connectivity index (χ1n) is 6.62. The van der Waals surface area contributed by atoms with Gasteiger partial charge in [-0.2, -0.15) is 0 Å². The lowest BCUT2D eigenvalue weighted by Crippen LogP contribution is -2.28. The van der Waals surface area contributed by atoms with Gasteiger partial charge in [0.25, 0.3) is 0 Å². The Morgan fingerprint density at radius 3 is 2.74 bits per heavy atom. The molecule has 104 valence electrons. The van der Waals surface area contributed by atoms with Gasteiger partial charge in [0.05, 0.1) is 6.61 Å². The molecule has 1 saturated heterocycles. The first-order valence-corrected chi connectivity index (χ1v) is 7.85. The molecule has 4 heteroatoms. The summed E-state index contributed by atoms with van der Waals surface area (Å²) in [5, 5.41) is 0. The minimum Gasteiger partial charge on any atom is -0.383 e. The second-order valence-electron chi connectivity index (χ2n) is 4.95. The fraction of sp³-hybridized carbons (Fsp3) is 0.533. The SMILES string of the molecule is COCCN1CC(Cc2ccc(SC)cc2)CC1=O. The summed E-state index contributed by atoms with van der Waals surface area (Å²) >= 11 is 1.75. The van der Waals surface area contributed by atoms with E-state index in [2.05, 4.69) is 30.5 Å². The van der Waals surface area contributed by atoms with Crippen LogP contribution in [0, 0.1) is 5.92 Å². The molecule has 1 unspecified atom stereocenters. The van der Waals surface area contributed by atoms with Crippen molar-refractivity contribution in [2.45, 2.75) is 17.7 Å². The molecule has 1 amide bonds. The second-order valence-corrected chi connectivity index (χ2v) is 5.83. The van der Waals surface area contributed by atoms with Crippen LogP contribution in [0.2, 0.25) is 0 Å². The smallest absolute Gasteiger partial charge is 0.223 e. The van der Waals surface area contributed by atoms with Crippen molar-refractivity contribution in [2.75, 3.05) is 33.1 Å². The molecule has 1 aliphatic heterocycles. The summed E-state index contributed by atoms with van der Waals surface area (Å²) in [5.74, 6) is 0.715. The van der Waals surface area contributed by atoms with Gasteiger partial charge in [0.2, 0.25) is 5.91 Å². The molecule has 0 radical (unpaired) electrons. The predicted octanol–water partition coefficient (Wildman–Crippen LogP) is 2.45. The maximum absolute atomic E-state index is 11.8. The van der Waals surface area contributed by atoms with E-state index in [1.54, 1.807) is 18.9 Å². The molecule has 1 fully saturated rings. The molecule has 0 aromatic heterocycles. The van der Waals surface area contributed by atoms with Gasteiger partial charge in [-0.05, 0) is 36.3 Å². The number of hydrogen-bond donors (Lipinski definition) is 0. The highest BCUT2D eigenvalue weighted by Crippen LogP contribution is 2.23. The molecule has 0 N–H and O–H groups in total. The van der Waals surface area contributed by atoms with Crippen molar-refractivity contribution in [1.29, 1.82) is 0 Å². The lowest BCUT2D eigenvalue weighted by Gasteiger charge is -2.16. The average Bonchev–Trinajstić information content (AvgIpc) is 2.77. The van der Waals surface area contributed by atoms with E-state index in [0.29, 0.717) is 18.9 Å². The summed E-state index contributed by atoms with van der Waals surface area (Å²) < 4.78 is 5.03. The molecule has 1 heterocycles. The van der Waals surface area contributed by atoms with Gasteiger partial charge in [-0.15, -0.1) is 11.8 Å². The lowest BCUT2D eigenvalue weighted by molar-refractivity contribution is -0.128. The van der Waals surface area contributed by atoms with Crippen molar-refractivity contribution in [3.05, 3.63) is 29.8 Å². The Bertz CT molecular complexity index is 419. The minimum atomic E-state index is 0.266. The third-order valence-electron chi connectivity index (χ3n) is 3.54. The van der Waals surface area contributed by atoms with Gasteiger partial charge in [-0.25, -0.2) is 0 Å². The van der Waals surface area contributed by atoms with E-state index in [-0.39, 0.29) is 5.91 Å². The molecule has 0 bridgehead atoms. The fourth-order valence-corrected chi connectivity index (χ4v) is 2.91. The largest absolute Gasteiger partial charge is 0.383 e. The zero-order valence-corrected chi connectivity index (χ0v) is 12.4. The first kappa shape index (κ1) is 14.4. The minimum absolute atomic E-state index is 0.266. The summed E-state index contributed by atoms with van der Waals surface area (Å²) in [6, 6.07) is 8.65. The number of nitrogens with zero attached hydrogens (tertiary/aromatic N) is 1. The highest BCUT2D eigenvalue weighted by atomic mass is 32.2. The summed E-state index contributed by atoms with van der Waals surface area (Å²) in [6.07, 6.45) is 3.75. The van der Waals surface area contributed by atoms with Crippen molar-refractivity contribution in [3.63, 3.8) is 0 Å². The number of benzene rings is 1. The van der Waals surface area contributed by atoms with Gasteiger partial charge in [-0.3, -0.25) is 4.79 Å².